The molecule has 1 aliphatic carbocycles. The molecule has 0 aliphatic heterocycles. The molecule has 0 spiro atoms. The monoisotopic (exact) mass is 310 g/mol. The van der Waals surface area contributed by atoms with Crippen LogP contribution >= 0.6 is 12.4 Å². The van der Waals surface area contributed by atoms with Crippen molar-refractivity contribution in [3.63, 3.8) is 0 Å². The molecule has 21 heavy (non-hydrogen) atoms. The first kappa shape index (κ1) is 18.0. The summed E-state index contributed by atoms with van der Waals surface area (Å²) in [4.78, 5) is 11.9. The van der Waals surface area contributed by atoms with Gasteiger partial charge in [-0.05, 0) is 49.7 Å². The van der Waals surface area contributed by atoms with E-state index in [2.05, 4.69) is 36.5 Å². The highest BCUT2D eigenvalue weighted by atomic mass is 35.5. The lowest BCUT2D eigenvalue weighted by Gasteiger charge is -2.26. The van der Waals surface area contributed by atoms with Gasteiger partial charge in [0.2, 0.25) is 5.91 Å². The number of nitrogens with one attached hydrogen (secondary N) is 1. The second-order valence-electron chi connectivity index (χ2n) is 5.85. The molecule has 118 valence electrons. The zero-order chi connectivity index (χ0) is 14.4. The molecule has 3 N–H and O–H groups in total. The lowest BCUT2D eigenvalue weighted by molar-refractivity contribution is -0.122. The first-order valence-electron chi connectivity index (χ1n) is 7.80. The van der Waals surface area contributed by atoms with Gasteiger partial charge in [-0.15, -0.1) is 12.4 Å². The largest absolute Gasteiger partial charge is 0.353 e. The number of benzene rings is 1. The molecular formula is C17H27ClN2O. The van der Waals surface area contributed by atoms with Crippen LogP contribution in [0, 0.1) is 0 Å². The fourth-order valence-electron chi connectivity index (χ4n) is 2.76. The average Bonchev–Trinajstić information content (AvgIpc) is 2.48. The smallest absolute Gasteiger partial charge is 0.220 e. The number of nitrogens with two attached hydrogens (primary N) is 1. The minimum Gasteiger partial charge on any atom is -0.353 e. The average molecular weight is 311 g/mol. The van der Waals surface area contributed by atoms with E-state index in [9.17, 15) is 4.79 Å². The first-order chi connectivity index (χ1) is 9.67. The fourth-order valence-corrected chi connectivity index (χ4v) is 2.76. The SMILES string of the molecule is CCc1ccc(CCC(=O)NC2CCC(N)CC2)cc1.Cl. The number of aryl methyl sites for hydroxylation is 2. The van der Waals surface area contributed by atoms with Crippen molar-refractivity contribution in [2.45, 2.75) is 64.0 Å². The maximum absolute atomic E-state index is 11.9. The molecule has 1 saturated carbocycles. The van der Waals surface area contributed by atoms with Crippen molar-refractivity contribution in [2.24, 2.45) is 5.73 Å². The van der Waals surface area contributed by atoms with Gasteiger partial charge in [-0.1, -0.05) is 31.2 Å². The van der Waals surface area contributed by atoms with Crippen molar-refractivity contribution in [3.05, 3.63) is 35.4 Å². The maximum atomic E-state index is 11.9. The fraction of sp³-hybridized carbons (Fsp3) is 0.588. The summed E-state index contributed by atoms with van der Waals surface area (Å²) < 4.78 is 0. The summed E-state index contributed by atoms with van der Waals surface area (Å²) in [7, 11) is 0. The van der Waals surface area contributed by atoms with Crippen LogP contribution in [0.25, 0.3) is 0 Å². The number of hydrogen-bond acceptors (Lipinski definition) is 2. The van der Waals surface area contributed by atoms with Gasteiger partial charge in [-0.3, -0.25) is 4.79 Å². The summed E-state index contributed by atoms with van der Waals surface area (Å²) >= 11 is 0. The highest BCUT2D eigenvalue weighted by Gasteiger charge is 2.19. The normalized spacial score (nSPS) is 21.4. The Morgan fingerprint density at radius 1 is 1.14 bits per heavy atom. The second kappa shape index (κ2) is 9.06. The molecule has 0 atom stereocenters. The molecule has 1 aromatic carbocycles. The molecule has 1 fully saturated rings. The van der Waals surface area contributed by atoms with Crippen LogP contribution in [0.4, 0.5) is 0 Å². The predicted molar refractivity (Wildman–Crippen MR) is 89.8 cm³/mol. The van der Waals surface area contributed by atoms with Gasteiger partial charge >= 0.3 is 0 Å². The zero-order valence-electron chi connectivity index (χ0n) is 12.8. The Hall–Kier alpha value is -1.06. The molecular weight excluding hydrogens is 284 g/mol. The van der Waals surface area contributed by atoms with Crippen LogP contribution in [-0.4, -0.2) is 18.0 Å². The van der Waals surface area contributed by atoms with Gasteiger partial charge in [0.1, 0.15) is 0 Å². The minimum absolute atomic E-state index is 0. The van der Waals surface area contributed by atoms with Crippen molar-refractivity contribution < 1.29 is 4.79 Å². The molecule has 0 unspecified atom stereocenters. The van der Waals surface area contributed by atoms with Crippen LogP contribution in [0.15, 0.2) is 24.3 Å². The Morgan fingerprint density at radius 2 is 1.71 bits per heavy atom. The highest BCUT2D eigenvalue weighted by Crippen LogP contribution is 2.17. The third kappa shape index (κ3) is 6.06. The lowest BCUT2D eigenvalue weighted by atomic mass is 9.91. The molecule has 4 heteroatoms. The van der Waals surface area contributed by atoms with E-state index in [0.29, 0.717) is 18.5 Å². The van der Waals surface area contributed by atoms with E-state index in [1.54, 1.807) is 0 Å². The summed E-state index contributed by atoms with van der Waals surface area (Å²) in [6.45, 7) is 2.15. The van der Waals surface area contributed by atoms with Crippen LogP contribution in [-0.2, 0) is 17.6 Å². The van der Waals surface area contributed by atoms with E-state index < -0.39 is 0 Å². The molecule has 0 saturated heterocycles. The number of halogens is 1. The Labute approximate surface area is 134 Å². The predicted octanol–water partition coefficient (Wildman–Crippen LogP) is 2.99. The van der Waals surface area contributed by atoms with E-state index in [4.69, 9.17) is 5.73 Å². The molecule has 0 radical (unpaired) electrons. The van der Waals surface area contributed by atoms with Crippen molar-refractivity contribution in [3.8, 4) is 0 Å². The number of rotatable bonds is 5. The number of carbonyl (C=O) groups excluding carboxylic acids is 1. The molecule has 3 nitrogen and oxygen atoms in total. The number of carbonyl (C=O) groups is 1. The maximum Gasteiger partial charge on any atom is 0.220 e. The van der Waals surface area contributed by atoms with E-state index >= 15 is 0 Å². The van der Waals surface area contributed by atoms with Gasteiger partial charge < -0.3 is 11.1 Å². The summed E-state index contributed by atoms with van der Waals surface area (Å²) in [5, 5.41) is 3.14. The quantitative estimate of drug-likeness (QED) is 0.878. The molecule has 1 amide bonds. The summed E-state index contributed by atoms with van der Waals surface area (Å²) in [5.74, 6) is 0.171. The molecule has 2 rings (SSSR count). The summed E-state index contributed by atoms with van der Waals surface area (Å²) in [6.07, 6.45) is 6.57. The van der Waals surface area contributed by atoms with Crippen LogP contribution < -0.4 is 11.1 Å². The lowest BCUT2D eigenvalue weighted by Crippen LogP contribution is -2.40. The molecule has 0 heterocycles. The van der Waals surface area contributed by atoms with E-state index in [1.807, 2.05) is 0 Å². The van der Waals surface area contributed by atoms with Crippen molar-refractivity contribution in [2.75, 3.05) is 0 Å². The third-order valence-corrected chi connectivity index (χ3v) is 4.21. The number of hydrogen-bond donors (Lipinski definition) is 2. The molecule has 1 aliphatic rings. The van der Waals surface area contributed by atoms with Gasteiger partial charge in [-0.25, -0.2) is 0 Å². The van der Waals surface area contributed by atoms with Gasteiger partial charge in [0.15, 0.2) is 0 Å². The third-order valence-electron chi connectivity index (χ3n) is 4.21. The topological polar surface area (TPSA) is 55.1 Å². The number of amides is 1. The van der Waals surface area contributed by atoms with E-state index in [1.165, 1.54) is 11.1 Å². The Kier molecular flexibility index (Phi) is 7.76. The van der Waals surface area contributed by atoms with Crippen LogP contribution in [0.2, 0.25) is 0 Å². The van der Waals surface area contributed by atoms with E-state index in [0.717, 1.165) is 38.5 Å². The Balaban J connectivity index is 0.00000220. The first-order valence-corrected chi connectivity index (χ1v) is 7.80. The Morgan fingerprint density at radius 3 is 2.29 bits per heavy atom. The molecule has 0 bridgehead atoms. The van der Waals surface area contributed by atoms with Crippen LogP contribution in [0.1, 0.15) is 50.2 Å². The van der Waals surface area contributed by atoms with Crippen LogP contribution in [0.3, 0.4) is 0 Å². The second-order valence-corrected chi connectivity index (χ2v) is 5.85. The van der Waals surface area contributed by atoms with E-state index in [-0.39, 0.29) is 18.3 Å². The summed E-state index contributed by atoms with van der Waals surface area (Å²) in [6, 6.07) is 9.23. The summed E-state index contributed by atoms with van der Waals surface area (Å²) in [5.41, 5.74) is 8.46. The highest BCUT2D eigenvalue weighted by molar-refractivity contribution is 5.85. The zero-order valence-corrected chi connectivity index (χ0v) is 13.6. The van der Waals surface area contributed by atoms with Gasteiger partial charge in [0, 0.05) is 18.5 Å². The minimum atomic E-state index is 0. The standard InChI is InChI=1S/C17H26N2O.ClH/c1-2-13-3-5-14(6-4-13)7-12-17(20)19-16-10-8-15(18)9-11-16;/h3-6,15-16H,2,7-12,18H2,1H3,(H,19,20);1H. The molecule has 0 aromatic heterocycles. The van der Waals surface area contributed by atoms with Crippen molar-refractivity contribution in [1.29, 1.82) is 0 Å². The van der Waals surface area contributed by atoms with Gasteiger partial charge in [0.05, 0.1) is 0 Å². The van der Waals surface area contributed by atoms with Crippen molar-refractivity contribution >= 4 is 18.3 Å². The Bertz CT molecular complexity index is 425. The van der Waals surface area contributed by atoms with Crippen LogP contribution in [0.5, 0.6) is 0 Å². The van der Waals surface area contributed by atoms with Crippen molar-refractivity contribution in [1.82, 2.24) is 5.32 Å². The van der Waals surface area contributed by atoms with Gasteiger partial charge in [0.25, 0.3) is 0 Å². The van der Waals surface area contributed by atoms with Gasteiger partial charge in [-0.2, -0.15) is 0 Å². The molecule has 1 aromatic rings.